The second kappa shape index (κ2) is 6.21. The summed E-state index contributed by atoms with van der Waals surface area (Å²) in [4.78, 5) is 2.46. The van der Waals surface area contributed by atoms with E-state index in [4.69, 9.17) is 4.74 Å². The molecule has 1 saturated heterocycles. The van der Waals surface area contributed by atoms with Crippen molar-refractivity contribution in [3.05, 3.63) is 29.8 Å². The quantitative estimate of drug-likeness (QED) is 0.885. The maximum atomic E-state index is 5.53. The van der Waals surface area contributed by atoms with E-state index in [9.17, 15) is 0 Å². The van der Waals surface area contributed by atoms with Gasteiger partial charge in [0.25, 0.3) is 0 Å². The molecule has 2 atom stereocenters. The van der Waals surface area contributed by atoms with Crippen molar-refractivity contribution in [1.29, 1.82) is 0 Å². The van der Waals surface area contributed by atoms with Gasteiger partial charge in [-0.25, -0.2) is 0 Å². The van der Waals surface area contributed by atoms with Crippen LogP contribution in [0.4, 0.5) is 0 Å². The molecule has 0 amide bonds. The normalized spacial score (nSPS) is 25.1. The summed E-state index contributed by atoms with van der Waals surface area (Å²) in [6.07, 6.45) is 2.57. The summed E-state index contributed by atoms with van der Waals surface area (Å²) in [5, 5.41) is 3.33. The van der Waals surface area contributed by atoms with E-state index in [-0.39, 0.29) is 0 Å². The summed E-state index contributed by atoms with van der Waals surface area (Å²) >= 11 is 0. The fraction of sp³-hybridized carbons (Fsp3) is 0.600. The van der Waals surface area contributed by atoms with Crippen molar-refractivity contribution in [2.75, 3.05) is 34.3 Å². The molecule has 1 aliphatic heterocycles. The fourth-order valence-corrected chi connectivity index (χ4v) is 3.14. The number of para-hydroxylation sites is 1. The van der Waals surface area contributed by atoms with Crippen LogP contribution in [0.3, 0.4) is 0 Å². The van der Waals surface area contributed by atoms with Crippen LogP contribution in [0.25, 0.3) is 0 Å². The Balaban J connectivity index is 2.31. The zero-order valence-electron chi connectivity index (χ0n) is 11.6. The number of ether oxygens (including phenoxy) is 1. The summed E-state index contributed by atoms with van der Waals surface area (Å²) in [5.41, 5.74) is 1.32. The maximum Gasteiger partial charge on any atom is 0.123 e. The van der Waals surface area contributed by atoms with E-state index in [1.807, 2.05) is 13.1 Å². The molecule has 2 rings (SSSR count). The third-order valence-corrected chi connectivity index (χ3v) is 3.93. The molecule has 0 bridgehead atoms. The molecule has 1 aromatic carbocycles. The molecule has 0 spiro atoms. The molecule has 0 radical (unpaired) electrons. The van der Waals surface area contributed by atoms with E-state index in [2.05, 4.69) is 35.5 Å². The number of likely N-dealkylation sites (tertiary alicyclic amines) is 1. The SMILES string of the molecule is CNCC1CCCN(C)C1c1ccccc1OC. The number of hydrogen-bond donors (Lipinski definition) is 1. The van der Waals surface area contributed by atoms with Crippen molar-refractivity contribution in [3.8, 4) is 5.75 Å². The lowest BCUT2D eigenvalue weighted by Crippen LogP contribution is -2.40. The predicted molar refractivity (Wildman–Crippen MR) is 75.0 cm³/mol. The van der Waals surface area contributed by atoms with Crippen molar-refractivity contribution >= 4 is 0 Å². The average Bonchev–Trinajstić information content (AvgIpc) is 2.39. The minimum atomic E-state index is 0.461. The molecule has 0 aromatic heterocycles. The third kappa shape index (κ3) is 2.68. The summed E-state index contributed by atoms with van der Waals surface area (Å²) < 4.78 is 5.53. The zero-order valence-corrected chi connectivity index (χ0v) is 11.6. The minimum absolute atomic E-state index is 0.461. The molecule has 3 nitrogen and oxygen atoms in total. The number of methoxy groups -OCH3 is 1. The van der Waals surface area contributed by atoms with Crippen LogP contribution in [0.2, 0.25) is 0 Å². The molecular formula is C15H24N2O. The number of benzene rings is 1. The van der Waals surface area contributed by atoms with Crippen LogP contribution >= 0.6 is 0 Å². The molecule has 3 heteroatoms. The molecule has 2 unspecified atom stereocenters. The zero-order chi connectivity index (χ0) is 13.0. The van der Waals surface area contributed by atoms with Crippen molar-refractivity contribution in [1.82, 2.24) is 10.2 Å². The third-order valence-electron chi connectivity index (χ3n) is 3.93. The molecule has 1 aromatic rings. The van der Waals surface area contributed by atoms with E-state index < -0.39 is 0 Å². The van der Waals surface area contributed by atoms with Gasteiger partial charge in [-0.05, 0) is 52.0 Å². The maximum absolute atomic E-state index is 5.53. The number of piperidine rings is 1. The highest BCUT2D eigenvalue weighted by Gasteiger charge is 2.31. The first-order valence-corrected chi connectivity index (χ1v) is 6.75. The van der Waals surface area contributed by atoms with Gasteiger partial charge in [0, 0.05) is 11.6 Å². The number of nitrogens with one attached hydrogen (secondary N) is 1. The molecular weight excluding hydrogens is 224 g/mol. The Hall–Kier alpha value is -1.06. The van der Waals surface area contributed by atoms with E-state index >= 15 is 0 Å². The van der Waals surface area contributed by atoms with Crippen molar-refractivity contribution in [2.24, 2.45) is 5.92 Å². The first-order valence-electron chi connectivity index (χ1n) is 6.75. The highest BCUT2D eigenvalue weighted by atomic mass is 16.5. The van der Waals surface area contributed by atoms with Gasteiger partial charge in [-0.3, -0.25) is 4.90 Å². The first-order chi connectivity index (χ1) is 8.77. The van der Waals surface area contributed by atoms with Gasteiger partial charge in [0.05, 0.1) is 7.11 Å². The van der Waals surface area contributed by atoms with Crippen LogP contribution < -0.4 is 10.1 Å². The van der Waals surface area contributed by atoms with E-state index in [0.717, 1.165) is 12.3 Å². The molecule has 0 saturated carbocycles. The average molecular weight is 248 g/mol. The smallest absolute Gasteiger partial charge is 0.123 e. The lowest BCUT2D eigenvalue weighted by Gasteiger charge is -2.40. The van der Waals surface area contributed by atoms with Crippen LogP contribution in [-0.2, 0) is 0 Å². The summed E-state index contributed by atoms with van der Waals surface area (Å²) in [6, 6.07) is 8.87. The molecule has 100 valence electrons. The van der Waals surface area contributed by atoms with Crippen molar-refractivity contribution in [3.63, 3.8) is 0 Å². The van der Waals surface area contributed by atoms with E-state index in [1.165, 1.54) is 24.9 Å². The number of nitrogens with zero attached hydrogens (tertiary/aromatic N) is 1. The number of rotatable bonds is 4. The number of hydrogen-bond acceptors (Lipinski definition) is 3. The highest BCUT2D eigenvalue weighted by Crippen LogP contribution is 2.38. The molecule has 18 heavy (non-hydrogen) atoms. The Morgan fingerprint density at radius 3 is 2.89 bits per heavy atom. The van der Waals surface area contributed by atoms with Crippen molar-refractivity contribution < 1.29 is 4.74 Å². The van der Waals surface area contributed by atoms with Gasteiger partial charge in [0.1, 0.15) is 5.75 Å². The van der Waals surface area contributed by atoms with E-state index in [1.54, 1.807) is 7.11 Å². The summed E-state index contributed by atoms with van der Waals surface area (Å²) in [6.45, 7) is 2.23. The highest BCUT2D eigenvalue weighted by molar-refractivity contribution is 5.36. The lowest BCUT2D eigenvalue weighted by molar-refractivity contribution is 0.118. The van der Waals surface area contributed by atoms with Gasteiger partial charge in [-0.1, -0.05) is 18.2 Å². The Labute approximate surface area is 110 Å². The van der Waals surface area contributed by atoms with Crippen LogP contribution in [0.1, 0.15) is 24.4 Å². The van der Waals surface area contributed by atoms with Gasteiger partial charge < -0.3 is 10.1 Å². The summed E-state index contributed by atoms with van der Waals surface area (Å²) in [5.74, 6) is 1.67. The van der Waals surface area contributed by atoms with Crippen LogP contribution in [0.5, 0.6) is 5.75 Å². The molecule has 1 fully saturated rings. The second-order valence-electron chi connectivity index (χ2n) is 5.13. The van der Waals surface area contributed by atoms with E-state index in [0.29, 0.717) is 12.0 Å². The summed E-state index contributed by atoms with van der Waals surface area (Å²) in [7, 11) is 6.02. The Morgan fingerprint density at radius 2 is 2.17 bits per heavy atom. The van der Waals surface area contributed by atoms with Gasteiger partial charge >= 0.3 is 0 Å². The predicted octanol–water partition coefficient (Wildman–Crippen LogP) is 2.30. The molecule has 1 aliphatic rings. The first kappa shape index (κ1) is 13.4. The standard InChI is InChI=1S/C15H24N2O/c1-16-11-12-7-6-10-17(2)15(12)13-8-4-5-9-14(13)18-3/h4-5,8-9,12,15-16H,6-7,10-11H2,1-3H3. The van der Waals surface area contributed by atoms with Crippen LogP contribution in [-0.4, -0.2) is 39.2 Å². The molecule has 1 N–H and O–H groups in total. The monoisotopic (exact) mass is 248 g/mol. The van der Waals surface area contributed by atoms with Gasteiger partial charge in [-0.15, -0.1) is 0 Å². The van der Waals surface area contributed by atoms with Gasteiger partial charge in [-0.2, -0.15) is 0 Å². The van der Waals surface area contributed by atoms with Gasteiger partial charge in [0.15, 0.2) is 0 Å². The van der Waals surface area contributed by atoms with Crippen LogP contribution in [0.15, 0.2) is 24.3 Å². The fourth-order valence-electron chi connectivity index (χ4n) is 3.14. The Bertz CT molecular complexity index is 379. The topological polar surface area (TPSA) is 24.5 Å². The van der Waals surface area contributed by atoms with Crippen molar-refractivity contribution in [2.45, 2.75) is 18.9 Å². The minimum Gasteiger partial charge on any atom is -0.496 e. The second-order valence-corrected chi connectivity index (χ2v) is 5.13. The van der Waals surface area contributed by atoms with Gasteiger partial charge in [0.2, 0.25) is 0 Å². The lowest BCUT2D eigenvalue weighted by atomic mass is 9.84. The Kier molecular flexibility index (Phi) is 4.61. The Morgan fingerprint density at radius 1 is 1.39 bits per heavy atom. The molecule has 1 heterocycles. The largest absolute Gasteiger partial charge is 0.496 e. The van der Waals surface area contributed by atoms with Crippen LogP contribution in [0, 0.1) is 5.92 Å². The molecule has 0 aliphatic carbocycles.